The number of carbonyl (C=O) groups excluding carboxylic acids is 1. The quantitative estimate of drug-likeness (QED) is 0.841. The molecule has 2 aromatic heterocycles. The van der Waals surface area contributed by atoms with Gasteiger partial charge in [-0.3, -0.25) is 4.79 Å². The second-order valence-corrected chi connectivity index (χ2v) is 5.22. The first kappa shape index (κ1) is 15.5. The Morgan fingerprint density at radius 2 is 2.14 bits per heavy atom. The number of carbonyl (C=O) groups is 1. The van der Waals surface area contributed by atoms with Gasteiger partial charge in [-0.25, -0.2) is 9.97 Å². The molecule has 0 radical (unpaired) electrons. The third-order valence-electron chi connectivity index (χ3n) is 2.49. The van der Waals surface area contributed by atoms with Crippen LogP contribution in [-0.2, 0) is 12.7 Å². The summed E-state index contributed by atoms with van der Waals surface area (Å²) in [6, 6.07) is 1.06. The van der Waals surface area contributed by atoms with Crippen molar-refractivity contribution in [2.24, 2.45) is 5.73 Å². The molecule has 2 rings (SSSR count). The molecule has 0 unspecified atom stereocenters. The molecule has 5 nitrogen and oxygen atoms in total. The van der Waals surface area contributed by atoms with Crippen molar-refractivity contribution in [3.8, 4) is 0 Å². The number of alkyl halides is 3. The second-order valence-electron chi connectivity index (χ2n) is 3.89. The molecule has 0 aliphatic rings. The summed E-state index contributed by atoms with van der Waals surface area (Å²) in [4.78, 5) is 18.7. The van der Waals surface area contributed by atoms with E-state index >= 15 is 0 Å². The van der Waals surface area contributed by atoms with Crippen molar-refractivity contribution in [1.82, 2.24) is 9.97 Å². The molecular formula is C11H8ClF3N4OS. The van der Waals surface area contributed by atoms with E-state index in [4.69, 9.17) is 17.3 Å². The molecule has 3 N–H and O–H groups in total. The molecule has 0 saturated carbocycles. The fourth-order valence-corrected chi connectivity index (χ4v) is 2.44. The van der Waals surface area contributed by atoms with E-state index in [0.29, 0.717) is 11.1 Å². The lowest BCUT2D eigenvalue weighted by Crippen LogP contribution is -2.16. The summed E-state index contributed by atoms with van der Waals surface area (Å²) in [6.07, 6.45) is -3.92. The molecular weight excluding hydrogens is 329 g/mol. The molecule has 0 aromatic carbocycles. The molecule has 0 spiro atoms. The zero-order valence-corrected chi connectivity index (χ0v) is 11.8. The van der Waals surface area contributed by atoms with Crippen LogP contribution >= 0.6 is 22.9 Å². The topological polar surface area (TPSA) is 80.9 Å². The maximum absolute atomic E-state index is 12.8. The van der Waals surface area contributed by atoms with Crippen molar-refractivity contribution >= 4 is 34.5 Å². The predicted octanol–water partition coefficient (Wildman–Crippen LogP) is 2.92. The summed E-state index contributed by atoms with van der Waals surface area (Å²) in [6.45, 7) is -0.0354. The molecule has 2 heterocycles. The van der Waals surface area contributed by atoms with Crippen molar-refractivity contribution in [1.29, 1.82) is 0 Å². The van der Waals surface area contributed by atoms with E-state index in [1.54, 1.807) is 0 Å². The zero-order chi connectivity index (χ0) is 15.6. The number of halogens is 4. The predicted molar refractivity (Wildman–Crippen MR) is 72.2 cm³/mol. The number of anilines is 1. The minimum Gasteiger partial charge on any atom is -0.379 e. The van der Waals surface area contributed by atoms with Crippen molar-refractivity contribution in [3.05, 3.63) is 39.1 Å². The Morgan fingerprint density at radius 3 is 2.76 bits per heavy atom. The molecule has 112 valence electrons. The smallest absolute Gasteiger partial charge is 0.379 e. The SMILES string of the molecule is NC(=O)c1ncsc1CNc1cc(Cl)ncc1C(F)(F)F. The van der Waals surface area contributed by atoms with Crippen molar-refractivity contribution in [2.75, 3.05) is 5.32 Å². The van der Waals surface area contributed by atoms with Gasteiger partial charge in [-0.15, -0.1) is 11.3 Å². The van der Waals surface area contributed by atoms with Crippen LogP contribution in [0.25, 0.3) is 0 Å². The highest BCUT2D eigenvalue weighted by Gasteiger charge is 2.34. The van der Waals surface area contributed by atoms with Gasteiger partial charge in [-0.2, -0.15) is 13.2 Å². The third kappa shape index (κ3) is 3.61. The van der Waals surface area contributed by atoms with Crippen LogP contribution < -0.4 is 11.1 Å². The van der Waals surface area contributed by atoms with Crippen LogP contribution in [0.1, 0.15) is 20.9 Å². The molecule has 0 aliphatic carbocycles. The van der Waals surface area contributed by atoms with Crippen molar-refractivity contribution < 1.29 is 18.0 Å². The number of hydrogen-bond donors (Lipinski definition) is 2. The highest BCUT2D eigenvalue weighted by Crippen LogP contribution is 2.35. The molecule has 10 heteroatoms. The average molecular weight is 337 g/mol. The Labute approximate surface area is 126 Å². The van der Waals surface area contributed by atoms with Gasteiger partial charge in [0.2, 0.25) is 0 Å². The maximum Gasteiger partial charge on any atom is 0.419 e. The van der Waals surface area contributed by atoms with E-state index in [1.165, 1.54) is 5.51 Å². The Balaban J connectivity index is 2.25. The summed E-state index contributed by atoms with van der Waals surface area (Å²) in [5, 5.41) is 2.50. The minimum absolute atomic E-state index is 0.0289. The molecule has 21 heavy (non-hydrogen) atoms. The van der Waals surface area contributed by atoms with Crippen LogP contribution in [-0.4, -0.2) is 15.9 Å². The second kappa shape index (κ2) is 5.86. The number of hydrogen-bond acceptors (Lipinski definition) is 5. The Morgan fingerprint density at radius 1 is 1.43 bits per heavy atom. The van der Waals surface area contributed by atoms with E-state index in [1.807, 2.05) is 0 Å². The van der Waals surface area contributed by atoms with Gasteiger partial charge in [0.25, 0.3) is 5.91 Å². The Kier molecular flexibility index (Phi) is 4.33. The zero-order valence-electron chi connectivity index (χ0n) is 10.2. The van der Waals surface area contributed by atoms with Crippen LogP contribution in [0.2, 0.25) is 5.15 Å². The van der Waals surface area contributed by atoms with Gasteiger partial charge in [0.15, 0.2) is 0 Å². The first-order valence-electron chi connectivity index (χ1n) is 5.48. The molecule has 0 bridgehead atoms. The highest BCUT2D eigenvalue weighted by molar-refractivity contribution is 7.09. The largest absolute Gasteiger partial charge is 0.419 e. The number of thiazole rings is 1. The van der Waals surface area contributed by atoms with Crippen LogP contribution in [0, 0.1) is 0 Å². The number of nitrogens with one attached hydrogen (secondary N) is 1. The van der Waals surface area contributed by atoms with Crippen molar-refractivity contribution in [3.63, 3.8) is 0 Å². The van der Waals surface area contributed by atoms with Crippen LogP contribution in [0.4, 0.5) is 18.9 Å². The molecule has 0 atom stereocenters. The Bertz CT molecular complexity index is 674. The van der Waals surface area contributed by atoms with Crippen LogP contribution in [0.3, 0.4) is 0 Å². The van der Waals surface area contributed by atoms with Crippen molar-refractivity contribution in [2.45, 2.75) is 12.7 Å². The Hall–Kier alpha value is -1.87. The van der Waals surface area contributed by atoms with E-state index in [9.17, 15) is 18.0 Å². The lowest BCUT2D eigenvalue weighted by molar-refractivity contribution is -0.137. The summed E-state index contributed by atoms with van der Waals surface area (Å²) in [7, 11) is 0. The number of rotatable bonds is 4. The average Bonchev–Trinajstić information content (AvgIpc) is 2.83. The number of amides is 1. The fraction of sp³-hybridized carbons (Fsp3) is 0.182. The molecule has 0 aliphatic heterocycles. The van der Waals surface area contributed by atoms with E-state index in [-0.39, 0.29) is 23.1 Å². The highest BCUT2D eigenvalue weighted by atomic mass is 35.5. The maximum atomic E-state index is 12.8. The van der Waals surface area contributed by atoms with Gasteiger partial charge < -0.3 is 11.1 Å². The monoisotopic (exact) mass is 336 g/mol. The van der Waals surface area contributed by atoms with Gasteiger partial charge in [-0.05, 0) is 6.07 Å². The molecule has 0 fully saturated rings. The van der Waals surface area contributed by atoms with Gasteiger partial charge in [0, 0.05) is 6.20 Å². The minimum atomic E-state index is -4.57. The number of nitrogens with two attached hydrogens (primary N) is 1. The van der Waals surface area contributed by atoms with Gasteiger partial charge in [0.05, 0.1) is 28.2 Å². The normalized spacial score (nSPS) is 11.4. The first-order chi connectivity index (χ1) is 9.79. The number of primary amides is 1. The summed E-state index contributed by atoms with van der Waals surface area (Å²) >= 11 is 6.72. The van der Waals surface area contributed by atoms with Crippen LogP contribution in [0.5, 0.6) is 0 Å². The number of pyridine rings is 1. The lowest BCUT2D eigenvalue weighted by atomic mass is 10.2. The third-order valence-corrected chi connectivity index (χ3v) is 3.53. The van der Waals surface area contributed by atoms with E-state index in [0.717, 1.165) is 17.4 Å². The summed E-state index contributed by atoms with van der Waals surface area (Å²) in [5.74, 6) is -0.739. The van der Waals surface area contributed by atoms with Gasteiger partial charge in [-0.1, -0.05) is 11.6 Å². The summed E-state index contributed by atoms with van der Waals surface area (Å²) < 4.78 is 38.5. The molecule has 1 amide bonds. The first-order valence-corrected chi connectivity index (χ1v) is 6.73. The fourth-order valence-electron chi connectivity index (χ4n) is 1.57. The van der Waals surface area contributed by atoms with E-state index < -0.39 is 17.6 Å². The van der Waals surface area contributed by atoms with Crippen LogP contribution in [0.15, 0.2) is 17.8 Å². The summed E-state index contributed by atoms with van der Waals surface area (Å²) in [5.41, 5.74) is 5.36. The molecule has 0 saturated heterocycles. The van der Waals surface area contributed by atoms with Gasteiger partial charge >= 0.3 is 6.18 Å². The number of nitrogens with zero attached hydrogens (tertiary/aromatic N) is 2. The standard InChI is InChI=1S/C11H8ClF3N4OS/c12-8-1-6(5(2-18-8)11(13,14)15)17-3-7-9(10(16)20)19-4-21-7/h1-2,4H,3H2,(H2,16,20)(H,17,18). The number of aromatic nitrogens is 2. The van der Waals surface area contributed by atoms with E-state index in [2.05, 4.69) is 15.3 Å². The van der Waals surface area contributed by atoms with Gasteiger partial charge in [0.1, 0.15) is 10.8 Å². The molecule has 2 aromatic rings. The lowest BCUT2D eigenvalue weighted by Gasteiger charge is -2.14.